The Morgan fingerprint density at radius 3 is 2.54 bits per heavy atom. The largest absolute Gasteiger partial charge is 0.487 e. The highest BCUT2D eigenvalue weighted by molar-refractivity contribution is 6.32. The van der Waals surface area contributed by atoms with Crippen molar-refractivity contribution in [2.45, 2.75) is 25.0 Å². The Labute approximate surface area is 227 Å². The van der Waals surface area contributed by atoms with Crippen LogP contribution >= 0.6 is 23.2 Å². The van der Waals surface area contributed by atoms with Crippen LogP contribution in [0.1, 0.15) is 40.6 Å². The smallest absolute Gasteiger partial charge is 0.138 e. The van der Waals surface area contributed by atoms with Gasteiger partial charge in [-0.2, -0.15) is 0 Å². The average Bonchev–Trinajstić information content (AvgIpc) is 3.43. The molecule has 0 saturated carbocycles. The van der Waals surface area contributed by atoms with E-state index >= 15 is 0 Å². The number of halogens is 2. The molecule has 3 atom stereocenters. The fourth-order valence-electron chi connectivity index (χ4n) is 5.28. The molecule has 5 heteroatoms. The van der Waals surface area contributed by atoms with E-state index in [0.717, 1.165) is 23.2 Å². The first-order valence-corrected chi connectivity index (χ1v) is 13.2. The number of allylic oxidation sites excluding steroid dienone is 2. The summed E-state index contributed by atoms with van der Waals surface area (Å²) >= 11 is 12.7. The van der Waals surface area contributed by atoms with Crippen LogP contribution in [0, 0.1) is 5.92 Å². The van der Waals surface area contributed by atoms with Gasteiger partial charge in [0.1, 0.15) is 12.4 Å². The maximum Gasteiger partial charge on any atom is 0.138 e. The number of aliphatic imine (C=N–C) groups is 1. The Bertz CT molecular complexity index is 1480. The van der Waals surface area contributed by atoms with Gasteiger partial charge in [0.25, 0.3) is 0 Å². The highest BCUT2D eigenvalue weighted by Gasteiger charge is 2.37. The van der Waals surface area contributed by atoms with Gasteiger partial charge in [0.2, 0.25) is 0 Å². The van der Waals surface area contributed by atoms with Crippen molar-refractivity contribution < 1.29 is 4.74 Å². The zero-order chi connectivity index (χ0) is 25.2. The molecule has 37 heavy (non-hydrogen) atoms. The van der Waals surface area contributed by atoms with Crippen LogP contribution < -0.4 is 10.1 Å². The minimum atomic E-state index is 0.282. The summed E-state index contributed by atoms with van der Waals surface area (Å²) in [7, 11) is 0. The zero-order valence-corrected chi connectivity index (χ0v) is 21.7. The molecule has 0 saturated heterocycles. The topological polar surface area (TPSA) is 33.6 Å². The van der Waals surface area contributed by atoms with Crippen molar-refractivity contribution >= 4 is 40.8 Å². The number of hydrogen-bond donors (Lipinski definition) is 1. The number of benzene rings is 4. The Kier molecular flexibility index (Phi) is 6.73. The number of nitrogens with one attached hydrogen (secondary N) is 1. The van der Waals surface area contributed by atoms with Crippen LogP contribution in [0.3, 0.4) is 0 Å². The van der Waals surface area contributed by atoms with E-state index in [9.17, 15) is 0 Å². The Morgan fingerprint density at radius 2 is 1.70 bits per heavy atom. The molecule has 0 aromatic heterocycles. The number of ether oxygens (including phenoxy) is 1. The lowest BCUT2D eigenvalue weighted by Crippen LogP contribution is -2.28. The van der Waals surface area contributed by atoms with E-state index < -0.39 is 0 Å². The predicted octanol–water partition coefficient (Wildman–Crippen LogP) is 9.15. The van der Waals surface area contributed by atoms with Gasteiger partial charge in [0.05, 0.1) is 16.8 Å². The van der Waals surface area contributed by atoms with E-state index in [1.165, 1.54) is 16.8 Å². The van der Waals surface area contributed by atoms with Gasteiger partial charge in [-0.25, -0.2) is 0 Å². The van der Waals surface area contributed by atoms with Gasteiger partial charge in [0.15, 0.2) is 0 Å². The summed E-state index contributed by atoms with van der Waals surface area (Å²) in [5.74, 6) is 1.62. The molecule has 0 spiro atoms. The van der Waals surface area contributed by atoms with Crippen molar-refractivity contribution in [2.75, 3.05) is 5.32 Å². The first-order chi connectivity index (χ1) is 18.2. The summed E-state index contributed by atoms with van der Waals surface area (Å²) in [6.07, 6.45) is 7.61. The molecule has 6 rings (SSSR count). The molecule has 0 fully saturated rings. The molecular formula is C32H26Cl2N2O. The van der Waals surface area contributed by atoms with Crippen molar-refractivity contribution in [1.82, 2.24) is 0 Å². The lowest BCUT2D eigenvalue weighted by molar-refractivity contribution is 0.306. The molecule has 0 bridgehead atoms. The first kappa shape index (κ1) is 23.8. The SMILES string of the molecule is Clc1ccccc1COc1ccc(C=Nc2ccc([C@@H]3Nc4ccccc4[C@@H]4C=CC[C@@H]43)cc2)cc1Cl. The quantitative estimate of drug-likeness (QED) is 0.201. The Morgan fingerprint density at radius 1 is 0.892 bits per heavy atom. The van der Waals surface area contributed by atoms with Gasteiger partial charge < -0.3 is 10.1 Å². The molecular weight excluding hydrogens is 499 g/mol. The van der Waals surface area contributed by atoms with Crippen LogP contribution in [0.4, 0.5) is 11.4 Å². The van der Waals surface area contributed by atoms with E-state index in [1.54, 1.807) is 0 Å². The molecule has 4 aromatic rings. The number of anilines is 1. The Hall–Kier alpha value is -3.53. The van der Waals surface area contributed by atoms with Gasteiger partial charge in [-0.1, -0.05) is 83.9 Å². The summed E-state index contributed by atoms with van der Waals surface area (Å²) in [6, 6.07) is 30.8. The van der Waals surface area contributed by atoms with E-state index in [-0.39, 0.29) is 6.04 Å². The minimum Gasteiger partial charge on any atom is -0.487 e. The number of hydrogen-bond acceptors (Lipinski definition) is 3. The fraction of sp³-hybridized carbons (Fsp3) is 0.156. The van der Waals surface area contributed by atoms with Gasteiger partial charge in [-0.3, -0.25) is 4.99 Å². The summed E-state index contributed by atoms with van der Waals surface area (Å²) in [6.45, 7) is 0.359. The predicted molar refractivity (Wildman–Crippen MR) is 154 cm³/mol. The van der Waals surface area contributed by atoms with Gasteiger partial charge in [0, 0.05) is 28.4 Å². The van der Waals surface area contributed by atoms with Crippen molar-refractivity contribution in [1.29, 1.82) is 0 Å². The second-order valence-corrected chi connectivity index (χ2v) is 10.3. The van der Waals surface area contributed by atoms with E-state index in [2.05, 4.69) is 71.0 Å². The van der Waals surface area contributed by atoms with Crippen LogP contribution in [-0.2, 0) is 6.61 Å². The number of fused-ring (bicyclic) bond motifs is 3. The minimum absolute atomic E-state index is 0.282. The monoisotopic (exact) mass is 524 g/mol. The third kappa shape index (κ3) is 5.02. The highest BCUT2D eigenvalue weighted by Crippen LogP contribution is 2.49. The second-order valence-electron chi connectivity index (χ2n) is 9.48. The molecule has 1 aliphatic carbocycles. The third-order valence-corrected chi connectivity index (χ3v) is 7.85. The lowest BCUT2D eigenvalue weighted by Gasteiger charge is -2.37. The number of para-hydroxylation sites is 1. The van der Waals surface area contributed by atoms with Gasteiger partial charge in [-0.15, -0.1) is 0 Å². The maximum atomic E-state index is 6.47. The van der Waals surface area contributed by atoms with Crippen LogP contribution in [0.25, 0.3) is 0 Å². The van der Waals surface area contributed by atoms with Gasteiger partial charge >= 0.3 is 0 Å². The van der Waals surface area contributed by atoms with E-state index in [4.69, 9.17) is 27.9 Å². The molecule has 1 N–H and O–H groups in total. The number of rotatable bonds is 6. The molecule has 4 aromatic carbocycles. The third-order valence-electron chi connectivity index (χ3n) is 7.18. The van der Waals surface area contributed by atoms with Crippen molar-refractivity contribution in [2.24, 2.45) is 10.9 Å². The van der Waals surface area contributed by atoms with E-state index in [0.29, 0.717) is 34.2 Å². The van der Waals surface area contributed by atoms with Crippen molar-refractivity contribution in [3.63, 3.8) is 0 Å². The summed E-state index contributed by atoms with van der Waals surface area (Å²) in [5, 5.41) is 5.00. The normalized spacial score (nSPS) is 19.9. The summed E-state index contributed by atoms with van der Waals surface area (Å²) in [5.41, 5.74) is 6.65. The lowest BCUT2D eigenvalue weighted by atomic mass is 9.77. The molecule has 0 unspecified atom stereocenters. The molecule has 2 aliphatic rings. The van der Waals surface area contributed by atoms with Crippen LogP contribution in [0.2, 0.25) is 10.0 Å². The molecule has 184 valence electrons. The van der Waals surface area contributed by atoms with Crippen LogP contribution in [0.5, 0.6) is 5.75 Å². The molecule has 0 radical (unpaired) electrons. The average molecular weight is 525 g/mol. The Balaban J connectivity index is 1.13. The summed E-state index contributed by atoms with van der Waals surface area (Å²) < 4.78 is 5.87. The maximum absolute atomic E-state index is 6.47. The molecule has 1 aliphatic heterocycles. The second kappa shape index (κ2) is 10.5. The fourth-order valence-corrected chi connectivity index (χ4v) is 5.71. The highest BCUT2D eigenvalue weighted by atomic mass is 35.5. The summed E-state index contributed by atoms with van der Waals surface area (Å²) in [4.78, 5) is 4.67. The van der Waals surface area contributed by atoms with Crippen molar-refractivity contribution in [3.05, 3.63) is 135 Å². The van der Waals surface area contributed by atoms with Crippen molar-refractivity contribution in [3.8, 4) is 5.75 Å². The molecule has 1 heterocycles. The molecule has 0 amide bonds. The zero-order valence-electron chi connectivity index (χ0n) is 20.1. The standard InChI is InChI=1S/C32H26Cl2N2O/c33-28-10-3-1-6-23(28)20-37-31-17-12-21(18-29(31)34)19-35-24-15-13-22(14-16-24)32-27-9-5-8-25(27)26-7-2-4-11-30(26)36-32/h1-8,10-19,25,27,32,36H,9,20H2/t25-,27-,32-/m0/s1. The van der Waals surface area contributed by atoms with E-state index in [1.807, 2.05) is 48.7 Å². The van der Waals surface area contributed by atoms with Crippen LogP contribution in [-0.4, -0.2) is 6.21 Å². The van der Waals surface area contributed by atoms with Crippen LogP contribution in [0.15, 0.2) is 108 Å². The molecule has 3 nitrogen and oxygen atoms in total. The number of nitrogens with zero attached hydrogens (tertiary/aromatic N) is 1. The van der Waals surface area contributed by atoms with Gasteiger partial charge in [-0.05, 0) is 71.5 Å². The first-order valence-electron chi connectivity index (χ1n) is 12.5.